The Bertz CT molecular complexity index is 562. The first kappa shape index (κ1) is 14.1. The largest absolute Gasteiger partial charge is 0.398 e. The van der Waals surface area contributed by atoms with Crippen molar-refractivity contribution in [1.29, 1.82) is 0 Å². The highest BCUT2D eigenvalue weighted by molar-refractivity contribution is 5.99. The summed E-state index contributed by atoms with van der Waals surface area (Å²) in [6.45, 7) is 2.72. The number of nitrogens with zero attached hydrogens (tertiary/aromatic N) is 1. The molecule has 1 atom stereocenters. The second-order valence-electron chi connectivity index (χ2n) is 4.66. The molecule has 0 aliphatic carbocycles. The van der Waals surface area contributed by atoms with Crippen molar-refractivity contribution in [1.82, 2.24) is 5.32 Å². The van der Waals surface area contributed by atoms with E-state index in [4.69, 9.17) is 11.5 Å². The molecular weight excluding hydrogens is 263 g/mol. The Hall–Kier alpha value is -2.31. The molecule has 1 aliphatic heterocycles. The Labute approximate surface area is 115 Å². The van der Waals surface area contributed by atoms with Gasteiger partial charge in [-0.2, -0.15) is 0 Å². The second-order valence-corrected chi connectivity index (χ2v) is 4.66. The van der Waals surface area contributed by atoms with E-state index in [1.165, 1.54) is 6.07 Å². The molecule has 1 fully saturated rings. The maximum atomic E-state index is 14.1. The average Bonchev–Trinajstić information content (AvgIpc) is 2.38. The summed E-state index contributed by atoms with van der Waals surface area (Å²) in [4.78, 5) is 24.8. The van der Waals surface area contributed by atoms with E-state index in [0.717, 1.165) is 6.07 Å². The van der Waals surface area contributed by atoms with Crippen LogP contribution < -0.4 is 21.7 Å². The predicted octanol–water partition coefficient (Wildman–Crippen LogP) is 0.222. The van der Waals surface area contributed by atoms with Crippen molar-refractivity contribution in [3.05, 3.63) is 23.5 Å². The molecule has 2 rings (SSSR count). The lowest BCUT2D eigenvalue weighted by atomic mass is 10.1. The van der Waals surface area contributed by atoms with Gasteiger partial charge in [-0.05, 0) is 18.6 Å². The standard InChI is InChI=1S/C13H17FN4O2/c1-2-10-13(20)17-3-4-18(10)11-5-7(12(16)19)9(15)6-8(11)14/h5-6,10H,2-4,15H2,1H3,(H2,16,19)(H,17,20). The lowest BCUT2D eigenvalue weighted by molar-refractivity contribution is -0.123. The smallest absolute Gasteiger partial charge is 0.250 e. The summed E-state index contributed by atoms with van der Waals surface area (Å²) < 4.78 is 14.1. The molecule has 1 heterocycles. The molecule has 1 aliphatic rings. The fraction of sp³-hybridized carbons (Fsp3) is 0.385. The Kier molecular flexibility index (Phi) is 3.78. The summed E-state index contributed by atoms with van der Waals surface area (Å²) >= 11 is 0. The number of hydrogen-bond donors (Lipinski definition) is 3. The number of piperazine rings is 1. The Morgan fingerprint density at radius 3 is 2.85 bits per heavy atom. The van der Waals surface area contributed by atoms with Gasteiger partial charge in [0.05, 0.1) is 11.3 Å². The molecule has 0 bridgehead atoms. The third-order valence-electron chi connectivity index (χ3n) is 3.41. The van der Waals surface area contributed by atoms with Crippen molar-refractivity contribution in [2.45, 2.75) is 19.4 Å². The minimum atomic E-state index is -0.724. The van der Waals surface area contributed by atoms with Gasteiger partial charge in [-0.1, -0.05) is 6.92 Å². The first-order valence-electron chi connectivity index (χ1n) is 6.38. The van der Waals surface area contributed by atoms with Gasteiger partial charge in [0.1, 0.15) is 11.9 Å². The number of rotatable bonds is 3. The van der Waals surface area contributed by atoms with Crippen LogP contribution >= 0.6 is 0 Å². The van der Waals surface area contributed by atoms with E-state index >= 15 is 0 Å². The molecule has 0 aromatic heterocycles. The number of hydrogen-bond acceptors (Lipinski definition) is 4. The van der Waals surface area contributed by atoms with Crippen LogP contribution in [0.1, 0.15) is 23.7 Å². The van der Waals surface area contributed by atoms with Crippen LogP contribution in [-0.4, -0.2) is 30.9 Å². The van der Waals surface area contributed by atoms with Crippen molar-refractivity contribution in [3.63, 3.8) is 0 Å². The number of anilines is 2. The maximum absolute atomic E-state index is 14.1. The number of carbonyl (C=O) groups excluding carboxylic acids is 2. The van der Waals surface area contributed by atoms with E-state index in [-0.39, 0.29) is 22.8 Å². The van der Waals surface area contributed by atoms with Gasteiger partial charge in [-0.3, -0.25) is 9.59 Å². The molecule has 2 amide bonds. The molecule has 0 radical (unpaired) electrons. The molecule has 0 saturated carbocycles. The van der Waals surface area contributed by atoms with Crippen molar-refractivity contribution in [3.8, 4) is 0 Å². The number of nitrogen functional groups attached to an aromatic ring is 1. The molecule has 1 aromatic carbocycles. The Morgan fingerprint density at radius 2 is 2.25 bits per heavy atom. The van der Waals surface area contributed by atoms with E-state index < -0.39 is 17.8 Å². The summed E-state index contributed by atoms with van der Waals surface area (Å²) in [5, 5.41) is 2.73. The summed E-state index contributed by atoms with van der Waals surface area (Å²) in [5.74, 6) is -1.45. The number of carbonyl (C=O) groups is 2. The molecule has 5 N–H and O–H groups in total. The number of amides is 2. The zero-order valence-corrected chi connectivity index (χ0v) is 11.1. The van der Waals surface area contributed by atoms with E-state index in [1.807, 2.05) is 6.92 Å². The SMILES string of the molecule is CCC1C(=O)NCCN1c1cc(C(N)=O)c(N)cc1F. The topological polar surface area (TPSA) is 101 Å². The highest BCUT2D eigenvalue weighted by Gasteiger charge is 2.30. The van der Waals surface area contributed by atoms with Crippen LogP contribution in [0.5, 0.6) is 0 Å². The third-order valence-corrected chi connectivity index (χ3v) is 3.41. The number of benzene rings is 1. The Morgan fingerprint density at radius 1 is 1.55 bits per heavy atom. The van der Waals surface area contributed by atoms with Crippen LogP contribution in [-0.2, 0) is 4.79 Å². The quantitative estimate of drug-likeness (QED) is 0.689. The predicted molar refractivity (Wildman–Crippen MR) is 73.8 cm³/mol. The number of halogens is 1. The van der Waals surface area contributed by atoms with Crippen molar-refractivity contribution < 1.29 is 14.0 Å². The van der Waals surface area contributed by atoms with Crippen molar-refractivity contribution >= 4 is 23.2 Å². The van der Waals surface area contributed by atoms with Crippen LogP contribution in [0.25, 0.3) is 0 Å². The summed E-state index contributed by atoms with van der Waals surface area (Å²) in [7, 11) is 0. The molecule has 0 spiro atoms. The number of nitrogens with two attached hydrogens (primary N) is 2. The highest BCUT2D eigenvalue weighted by Crippen LogP contribution is 2.28. The zero-order chi connectivity index (χ0) is 14.9. The molecular formula is C13H17FN4O2. The molecule has 1 saturated heterocycles. The summed E-state index contributed by atoms with van der Waals surface area (Å²) in [5.41, 5.74) is 11.0. The monoisotopic (exact) mass is 280 g/mol. The van der Waals surface area contributed by atoms with E-state index in [1.54, 1.807) is 4.90 Å². The van der Waals surface area contributed by atoms with Gasteiger partial charge < -0.3 is 21.7 Å². The van der Waals surface area contributed by atoms with Gasteiger partial charge in [0.15, 0.2) is 0 Å². The minimum absolute atomic E-state index is 0.00624. The lowest BCUT2D eigenvalue weighted by Crippen LogP contribution is -2.55. The van der Waals surface area contributed by atoms with Crippen LogP contribution in [0.3, 0.4) is 0 Å². The Balaban J connectivity index is 2.48. The van der Waals surface area contributed by atoms with Gasteiger partial charge in [-0.25, -0.2) is 4.39 Å². The van der Waals surface area contributed by atoms with Crippen LogP contribution in [0, 0.1) is 5.82 Å². The van der Waals surface area contributed by atoms with Crippen molar-refractivity contribution in [2.75, 3.05) is 23.7 Å². The molecule has 1 unspecified atom stereocenters. The molecule has 108 valence electrons. The lowest BCUT2D eigenvalue weighted by Gasteiger charge is -2.36. The maximum Gasteiger partial charge on any atom is 0.250 e. The molecule has 1 aromatic rings. The summed E-state index contributed by atoms with van der Waals surface area (Å²) in [6, 6.07) is 1.91. The van der Waals surface area contributed by atoms with Crippen molar-refractivity contribution in [2.24, 2.45) is 5.73 Å². The van der Waals surface area contributed by atoms with Gasteiger partial charge in [0, 0.05) is 18.8 Å². The second kappa shape index (κ2) is 5.36. The first-order valence-corrected chi connectivity index (χ1v) is 6.38. The number of primary amides is 1. The molecule has 20 heavy (non-hydrogen) atoms. The van der Waals surface area contributed by atoms with Crippen LogP contribution in [0.2, 0.25) is 0 Å². The van der Waals surface area contributed by atoms with E-state index in [0.29, 0.717) is 19.5 Å². The minimum Gasteiger partial charge on any atom is -0.398 e. The first-order chi connectivity index (χ1) is 9.45. The fourth-order valence-electron chi connectivity index (χ4n) is 2.42. The zero-order valence-electron chi connectivity index (χ0n) is 11.1. The van der Waals surface area contributed by atoms with Gasteiger partial charge in [-0.15, -0.1) is 0 Å². The average molecular weight is 280 g/mol. The van der Waals surface area contributed by atoms with E-state index in [9.17, 15) is 14.0 Å². The molecule has 7 heteroatoms. The fourth-order valence-corrected chi connectivity index (χ4v) is 2.42. The van der Waals surface area contributed by atoms with E-state index in [2.05, 4.69) is 5.32 Å². The van der Waals surface area contributed by atoms with Crippen LogP contribution in [0.4, 0.5) is 15.8 Å². The van der Waals surface area contributed by atoms with Crippen LogP contribution in [0.15, 0.2) is 12.1 Å². The van der Waals surface area contributed by atoms with Gasteiger partial charge >= 0.3 is 0 Å². The normalized spacial score (nSPS) is 18.8. The highest BCUT2D eigenvalue weighted by atomic mass is 19.1. The molecule has 6 nitrogen and oxygen atoms in total. The van der Waals surface area contributed by atoms with Gasteiger partial charge in [0.2, 0.25) is 5.91 Å². The third kappa shape index (κ3) is 2.38. The summed E-state index contributed by atoms with van der Waals surface area (Å²) in [6.07, 6.45) is 0.529. The van der Waals surface area contributed by atoms with Gasteiger partial charge in [0.25, 0.3) is 5.91 Å². The number of nitrogens with one attached hydrogen (secondary N) is 1.